The first-order valence-corrected chi connectivity index (χ1v) is 10.5. The maximum absolute atomic E-state index is 4.38. The normalized spacial score (nSPS) is 9.88. The van der Waals surface area contributed by atoms with E-state index >= 15 is 0 Å². The summed E-state index contributed by atoms with van der Waals surface area (Å²) in [5, 5.41) is 0. The van der Waals surface area contributed by atoms with Gasteiger partial charge in [-0.3, -0.25) is 4.98 Å². The van der Waals surface area contributed by atoms with Crippen LogP contribution in [0.4, 0.5) is 0 Å². The number of hydrogen-bond donors (Lipinski definition) is 0. The molecule has 4 heteroatoms. The molecule has 5 rings (SSSR count). The number of hydrogen-bond acceptors (Lipinski definition) is 3. The van der Waals surface area contributed by atoms with Crippen molar-refractivity contribution in [2.45, 2.75) is 13.8 Å². The van der Waals surface area contributed by atoms with Gasteiger partial charge in [0.05, 0.1) is 5.69 Å². The maximum atomic E-state index is 4.38. The summed E-state index contributed by atoms with van der Waals surface area (Å²) >= 11 is 0. The van der Waals surface area contributed by atoms with Crippen molar-refractivity contribution in [3.8, 4) is 33.8 Å². The molecular formula is C29H23IrN3-2. The van der Waals surface area contributed by atoms with Crippen molar-refractivity contribution < 1.29 is 20.1 Å². The van der Waals surface area contributed by atoms with Gasteiger partial charge in [-0.15, -0.1) is 71.8 Å². The van der Waals surface area contributed by atoms with Crippen molar-refractivity contribution in [3.05, 3.63) is 127 Å². The number of aromatic nitrogens is 3. The van der Waals surface area contributed by atoms with Gasteiger partial charge in [0.25, 0.3) is 0 Å². The van der Waals surface area contributed by atoms with Gasteiger partial charge in [-0.05, 0) is 36.4 Å². The van der Waals surface area contributed by atoms with E-state index < -0.39 is 0 Å². The predicted octanol–water partition coefficient (Wildman–Crippen LogP) is 6.77. The fourth-order valence-corrected chi connectivity index (χ4v) is 3.15. The number of aryl methyl sites for hydroxylation is 2. The van der Waals surface area contributed by atoms with E-state index in [1.54, 1.807) is 6.33 Å². The molecule has 0 amide bonds. The fraction of sp³-hybridized carbons (Fsp3) is 0.0690. The topological polar surface area (TPSA) is 38.7 Å². The van der Waals surface area contributed by atoms with Crippen molar-refractivity contribution in [2.24, 2.45) is 0 Å². The summed E-state index contributed by atoms with van der Waals surface area (Å²) in [4.78, 5) is 13.0. The van der Waals surface area contributed by atoms with Crippen LogP contribution in [0, 0.1) is 26.0 Å². The van der Waals surface area contributed by atoms with Gasteiger partial charge in [0.1, 0.15) is 6.33 Å². The summed E-state index contributed by atoms with van der Waals surface area (Å²) in [5.74, 6) is 0. The minimum atomic E-state index is 0. The molecule has 0 unspecified atom stereocenters. The van der Waals surface area contributed by atoms with Crippen LogP contribution in [0.25, 0.3) is 33.8 Å². The third-order valence-electron chi connectivity index (χ3n) is 5.08. The van der Waals surface area contributed by atoms with Crippen LogP contribution < -0.4 is 0 Å². The fourth-order valence-electron chi connectivity index (χ4n) is 3.15. The van der Waals surface area contributed by atoms with Gasteiger partial charge in [0.2, 0.25) is 0 Å². The van der Waals surface area contributed by atoms with Crippen LogP contribution in [0.1, 0.15) is 11.1 Å². The summed E-state index contributed by atoms with van der Waals surface area (Å²) in [6, 6.07) is 36.2. The van der Waals surface area contributed by atoms with E-state index in [0.717, 1.165) is 33.8 Å². The second kappa shape index (κ2) is 12.0. The monoisotopic (exact) mass is 606 g/mol. The molecule has 33 heavy (non-hydrogen) atoms. The van der Waals surface area contributed by atoms with Gasteiger partial charge in [-0.2, -0.15) is 0 Å². The Morgan fingerprint density at radius 3 is 1.73 bits per heavy atom. The Morgan fingerprint density at radius 2 is 1.15 bits per heavy atom. The predicted molar refractivity (Wildman–Crippen MR) is 130 cm³/mol. The third kappa shape index (κ3) is 6.52. The van der Waals surface area contributed by atoms with Crippen molar-refractivity contribution in [2.75, 3.05) is 0 Å². The Balaban J connectivity index is 0.000000186. The molecule has 165 valence electrons. The minimum Gasteiger partial charge on any atom is -0.304 e. The van der Waals surface area contributed by atoms with E-state index in [1.165, 1.54) is 11.1 Å². The maximum Gasteiger partial charge on any atom is 0.106 e. The molecule has 0 N–H and O–H groups in total. The molecule has 3 nitrogen and oxygen atoms in total. The van der Waals surface area contributed by atoms with Crippen LogP contribution >= 0.6 is 0 Å². The van der Waals surface area contributed by atoms with Gasteiger partial charge < -0.3 is 4.98 Å². The van der Waals surface area contributed by atoms with Crippen LogP contribution in [0.5, 0.6) is 0 Å². The molecule has 0 spiro atoms. The SMILES string of the molecule is Cc1cnc(-c2[c-]cccc2)cc1C.[Ir].[c-]1ccccc1-c1cc(-c2ccccc2)ncn1. The van der Waals surface area contributed by atoms with E-state index in [1.807, 2.05) is 91.1 Å². The zero-order chi connectivity index (χ0) is 22.2. The summed E-state index contributed by atoms with van der Waals surface area (Å²) < 4.78 is 0. The number of benzene rings is 3. The largest absolute Gasteiger partial charge is 0.304 e. The summed E-state index contributed by atoms with van der Waals surface area (Å²) in [6.07, 6.45) is 3.50. The molecule has 0 aliphatic rings. The van der Waals surface area contributed by atoms with Crippen LogP contribution in [-0.2, 0) is 20.1 Å². The van der Waals surface area contributed by atoms with Gasteiger partial charge in [-0.1, -0.05) is 48.0 Å². The Hall–Kier alpha value is -3.46. The van der Waals surface area contributed by atoms with E-state index in [4.69, 9.17) is 0 Å². The number of pyridine rings is 1. The molecule has 0 atom stereocenters. The van der Waals surface area contributed by atoms with Gasteiger partial charge in [0, 0.05) is 26.3 Å². The van der Waals surface area contributed by atoms with Gasteiger partial charge >= 0.3 is 0 Å². The summed E-state index contributed by atoms with van der Waals surface area (Å²) in [7, 11) is 0. The van der Waals surface area contributed by atoms with E-state index in [2.05, 4.69) is 47.0 Å². The Bertz CT molecular complexity index is 1220. The van der Waals surface area contributed by atoms with Crippen LogP contribution in [0.15, 0.2) is 104 Å². The average Bonchev–Trinajstić information content (AvgIpc) is 2.88. The summed E-state index contributed by atoms with van der Waals surface area (Å²) in [5.41, 5.74) is 8.44. The third-order valence-corrected chi connectivity index (χ3v) is 5.08. The molecule has 0 fully saturated rings. The zero-order valence-electron chi connectivity index (χ0n) is 18.5. The molecule has 0 aliphatic carbocycles. The molecule has 3 aromatic carbocycles. The van der Waals surface area contributed by atoms with E-state index in [0.29, 0.717) is 0 Å². The van der Waals surface area contributed by atoms with Crippen LogP contribution in [0.2, 0.25) is 0 Å². The quantitative estimate of drug-likeness (QED) is 0.213. The van der Waals surface area contributed by atoms with Crippen molar-refractivity contribution in [1.29, 1.82) is 0 Å². The van der Waals surface area contributed by atoms with Crippen LogP contribution in [0.3, 0.4) is 0 Å². The Morgan fingerprint density at radius 1 is 0.576 bits per heavy atom. The minimum absolute atomic E-state index is 0. The first-order chi connectivity index (χ1) is 15.7. The van der Waals surface area contributed by atoms with Crippen molar-refractivity contribution in [3.63, 3.8) is 0 Å². The smallest absolute Gasteiger partial charge is 0.106 e. The second-order valence-corrected chi connectivity index (χ2v) is 7.36. The molecule has 2 aromatic heterocycles. The number of nitrogens with zero attached hydrogens (tertiary/aromatic N) is 3. The van der Waals surface area contributed by atoms with Crippen molar-refractivity contribution in [1.82, 2.24) is 15.0 Å². The van der Waals surface area contributed by atoms with E-state index in [-0.39, 0.29) is 20.1 Å². The number of rotatable bonds is 3. The first-order valence-electron chi connectivity index (χ1n) is 10.5. The Kier molecular flexibility index (Phi) is 8.77. The average molecular weight is 606 g/mol. The molecule has 0 saturated heterocycles. The molecule has 0 saturated carbocycles. The standard InChI is InChI=1S/C16H11N2.C13H12N.Ir/c1-3-7-13(8-4-1)15-11-16(18-12-17-15)14-9-5-2-6-10-14;1-10-8-13(14-9-11(10)2)12-6-4-3-5-7-12;/h1-9,11-12H;3-6,8-9H,1-2H3;/q2*-1;. The Labute approximate surface area is 209 Å². The molecule has 0 aliphatic heterocycles. The molecule has 2 heterocycles. The molecule has 0 bridgehead atoms. The summed E-state index contributed by atoms with van der Waals surface area (Å²) in [6.45, 7) is 4.17. The molecule has 1 radical (unpaired) electrons. The zero-order valence-corrected chi connectivity index (χ0v) is 20.9. The molecular weight excluding hydrogens is 583 g/mol. The molecule has 5 aromatic rings. The van der Waals surface area contributed by atoms with Crippen LogP contribution in [-0.4, -0.2) is 15.0 Å². The first kappa shape index (κ1) is 24.2. The van der Waals surface area contributed by atoms with Crippen molar-refractivity contribution >= 4 is 0 Å². The van der Waals surface area contributed by atoms with Gasteiger partial charge in [-0.25, -0.2) is 4.98 Å². The second-order valence-electron chi connectivity index (χ2n) is 7.36. The van der Waals surface area contributed by atoms with Gasteiger partial charge in [0.15, 0.2) is 0 Å². The van der Waals surface area contributed by atoms with E-state index in [9.17, 15) is 0 Å².